The summed E-state index contributed by atoms with van der Waals surface area (Å²) in [5, 5.41) is 3.35. The number of hydrogen-bond donors (Lipinski definition) is 2. The third-order valence-corrected chi connectivity index (χ3v) is 3.48. The maximum atomic E-state index is 12.0. The van der Waals surface area contributed by atoms with E-state index in [0.717, 1.165) is 45.3 Å². The third-order valence-electron chi connectivity index (χ3n) is 3.48. The number of carbonyl (C=O) groups excluding carboxylic acids is 1. The van der Waals surface area contributed by atoms with Gasteiger partial charge in [0.2, 0.25) is 5.91 Å². The molecule has 0 radical (unpaired) electrons. The van der Waals surface area contributed by atoms with Crippen LogP contribution in [0.15, 0.2) is 0 Å². The van der Waals surface area contributed by atoms with Crippen LogP contribution in [0.4, 0.5) is 0 Å². The number of nitrogens with zero attached hydrogens (tertiary/aromatic N) is 1. The van der Waals surface area contributed by atoms with Gasteiger partial charge in [-0.05, 0) is 38.6 Å². The Hall–Kier alpha value is -0.610. The average molecular weight is 211 g/mol. The monoisotopic (exact) mass is 211 g/mol. The molecule has 0 aliphatic carbocycles. The number of hydrogen-bond acceptors (Lipinski definition) is 3. The van der Waals surface area contributed by atoms with Gasteiger partial charge >= 0.3 is 0 Å². The van der Waals surface area contributed by atoms with Crippen LogP contribution in [0.3, 0.4) is 0 Å². The predicted molar refractivity (Wildman–Crippen MR) is 59.4 cm³/mol. The molecule has 0 bridgehead atoms. The largest absolute Gasteiger partial charge is 0.337 e. The van der Waals surface area contributed by atoms with Crippen LogP contribution in [0, 0.1) is 0 Å². The van der Waals surface area contributed by atoms with Gasteiger partial charge in [-0.3, -0.25) is 4.79 Å². The third kappa shape index (κ3) is 2.49. The van der Waals surface area contributed by atoms with Crippen molar-refractivity contribution in [2.24, 2.45) is 5.73 Å². The molecule has 0 saturated carbocycles. The van der Waals surface area contributed by atoms with Crippen LogP contribution in [0.1, 0.15) is 32.1 Å². The number of rotatable bonds is 1. The molecule has 0 spiro atoms. The summed E-state index contributed by atoms with van der Waals surface area (Å²) in [6.45, 7) is 2.93. The molecule has 4 nitrogen and oxygen atoms in total. The van der Waals surface area contributed by atoms with Crippen LogP contribution in [0.5, 0.6) is 0 Å². The molecule has 2 saturated heterocycles. The SMILES string of the molecule is N[C@@H]1CCCCN([C@@H]2CCCNC2)C1=O. The predicted octanol–water partition coefficient (Wildman–Crippen LogP) is 0.0782. The first kappa shape index (κ1) is 10.9. The summed E-state index contributed by atoms with van der Waals surface area (Å²) in [7, 11) is 0. The molecule has 2 fully saturated rings. The number of nitrogens with one attached hydrogen (secondary N) is 1. The lowest BCUT2D eigenvalue weighted by molar-refractivity contribution is -0.134. The Morgan fingerprint density at radius 1 is 1.27 bits per heavy atom. The van der Waals surface area contributed by atoms with Crippen molar-refractivity contribution < 1.29 is 4.79 Å². The second kappa shape index (κ2) is 4.94. The van der Waals surface area contributed by atoms with Crippen LogP contribution < -0.4 is 11.1 Å². The second-order valence-electron chi connectivity index (χ2n) is 4.63. The summed E-state index contributed by atoms with van der Waals surface area (Å²) in [6, 6.07) is 0.129. The van der Waals surface area contributed by atoms with Gasteiger partial charge in [0.25, 0.3) is 0 Å². The summed E-state index contributed by atoms with van der Waals surface area (Å²) in [4.78, 5) is 14.0. The van der Waals surface area contributed by atoms with Gasteiger partial charge in [0.1, 0.15) is 0 Å². The number of amides is 1. The Morgan fingerprint density at radius 3 is 2.87 bits per heavy atom. The topological polar surface area (TPSA) is 58.4 Å². The van der Waals surface area contributed by atoms with E-state index in [-0.39, 0.29) is 11.9 Å². The standard InChI is InChI=1S/C11H21N3O/c12-10-5-1-2-7-14(11(10)15)9-4-3-6-13-8-9/h9-10,13H,1-8,12H2/t9-,10-/m1/s1. The molecule has 2 aliphatic heterocycles. The Balaban J connectivity index is 2.00. The fourth-order valence-corrected chi connectivity index (χ4v) is 2.56. The minimum Gasteiger partial charge on any atom is -0.337 e. The van der Waals surface area contributed by atoms with E-state index in [0.29, 0.717) is 6.04 Å². The van der Waals surface area contributed by atoms with E-state index in [2.05, 4.69) is 5.32 Å². The van der Waals surface area contributed by atoms with Crippen LogP contribution >= 0.6 is 0 Å². The van der Waals surface area contributed by atoms with E-state index < -0.39 is 0 Å². The van der Waals surface area contributed by atoms with Crippen molar-refractivity contribution in [1.82, 2.24) is 10.2 Å². The van der Waals surface area contributed by atoms with Gasteiger partial charge in [0.05, 0.1) is 6.04 Å². The van der Waals surface area contributed by atoms with Crippen molar-refractivity contribution in [1.29, 1.82) is 0 Å². The summed E-state index contributed by atoms with van der Waals surface area (Å²) < 4.78 is 0. The van der Waals surface area contributed by atoms with Crippen molar-refractivity contribution in [3.8, 4) is 0 Å². The summed E-state index contributed by atoms with van der Waals surface area (Å²) in [5.74, 6) is 0.168. The number of likely N-dealkylation sites (tertiary alicyclic amines) is 1. The normalized spacial score (nSPS) is 33.9. The van der Waals surface area contributed by atoms with Crippen molar-refractivity contribution in [3.63, 3.8) is 0 Å². The zero-order valence-corrected chi connectivity index (χ0v) is 9.24. The van der Waals surface area contributed by atoms with Gasteiger partial charge in [-0.2, -0.15) is 0 Å². The Bertz CT molecular complexity index is 226. The molecule has 0 aromatic heterocycles. The molecule has 0 unspecified atom stereocenters. The molecular weight excluding hydrogens is 190 g/mol. The smallest absolute Gasteiger partial charge is 0.239 e. The first-order valence-corrected chi connectivity index (χ1v) is 6.06. The molecule has 0 aromatic rings. The molecule has 2 aliphatic rings. The number of nitrogens with two attached hydrogens (primary N) is 1. The van der Waals surface area contributed by atoms with Gasteiger partial charge in [-0.15, -0.1) is 0 Å². The van der Waals surface area contributed by atoms with Gasteiger partial charge in [0, 0.05) is 19.1 Å². The van der Waals surface area contributed by atoms with Crippen LogP contribution in [0.2, 0.25) is 0 Å². The summed E-state index contributed by atoms with van der Waals surface area (Å²) in [5.41, 5.74) is 5.86. The van der Waals surface area contributed by atoms with Crippen LogP contribution in [-0.2, 0) is 4.79 Å². The molecule has 15 heavy (non-hydrogen) atoms. The quantitative estimate of drug-likeness (QED) is 0.645. The molecule has 2 rings (SSSR count). The number of carbonyl (C=O) groups is 1. The van der Waals surface area contributed by atoms with E-state index in [9.17, 15) is 4.79 Å². The minimum absolute atomic E-state index is 0.168. The molecule has 4 heteroatoms. The van der Waals surface area contributed by atoms with Crippen LogP contribution in [0.25, 0.3) is 0 Å². The first-order valence-electron chi connectivity index (χ1n) is 6.06. The van der Waals surface area contributed by atoms with E-state index in [1.54, 1.807) is 0 Å². The zero-order valence-electron chi connectivity index (χ0n) is 9.24. The summed E-state index contributed by atoms with van der Waals surface area (Å²) >= 11 is 0. The molecule has 2 heterocycles. The Kier molecular flexibility index (Phi) is 3.59. The van der Waals surface area contributed by atoms with E-state index in [1.807, 2.05) is 4.90 Å². The molecular formula is C11H21N3O. The van der Waals surface area contributed by atoms with Crippen molar-refractivity contribution in [3.05, 3.63) is 0 Å². The first-order chi connectivity index (χ1) is 7.29. The second-order valence-corrected chi connectivity index (χ2v) is 4.63. The van der Waals surface area contributed by atoms with Crippen molar-refractivity contribution >= 4 is 5.91 Å². The van der Waals surface area contributed by atoms with Crippen molar-refractivity contribution in [2.45, 2.75) is 44.2 Å². The summed E-state index contributed by atoms with van der Waals surface area (Å²) in [6.07, 6.45) is 5.35. The highest BCUT2D eigenvalue weighted by Crippen LogP contribution is 2.17. The molecule has 3 N–H and O–H groups in total. The van der Waals surface area contributed by atoms with Crippen molar-refractivity contribution in [2.75, 3.05) is 19.6 Å². The molecule has 2 atom stereocenters. The Labute approximate surface area is 91.2 Å². The maximum Gasteiger partial charge on any atom is 0.239 e. The molecule has 86 valence electrons. The Morgan fingerprint density at radius 2 is 2.13 bits per heavy atom. The van der Waals surface area contributed by atoms with Gasteiger partial charge < -0.3 is 16.0 Å². The lowest BCUT2D eigenvalue weighted by Crippen LogP contribution is -2.52. The fraction of sp³-hybridized carbons (Fsp3) is 0.909. The highest BCUT2D eigenvalue weighted by atomic mass is 16.2. The fourth-order valence-electron chi connectivity index (χ4n) is 2.56. The van der Waals surface area contributed by atoms with E-state index >= 15 is 0 Å². The van der Waals surface area contributed by atoms with E-state index in [1.165, 1.54) is 6.42 Å². The van der Waals surface area contributed by atoms with Crippen LogP contribution in [-0.4, -0.2) is 42.5 Å². The van der Waals surface area contributed by atoms with Gasteiger partial charge in [-0.1, -0.05) is 0 Å². The average Bonchev–Trinajstić information content (AvgIpc) is 2.44. The highest BCUT2D eigenvalue weighted by Gasteiger charge is 2.29. The van der Waals surface area contributed by atoms with E-state index in [4.69, 9.17) is 5.73 Å². The maximum absolute atomic E-state index is 12.0. The van der Waals surface area contributed by atoms with Gasteiger partial charge in [-0.25, -0.2) is 0 Å². The molecule has 1 amide bonds. The zero-order chi connectivity index (χ0) is 10.7. The highest BCUT2D eigenvalue weighted by molar-refractivity contribution is 5.82. The lowest BCUT2D eigenvalue weighted by atomic mass is 10.1. The minimum atomic E-state index is -0.255. The lowest BCUT2D eigenvalue weighted by Gasteiger charge is -2.34. The molecule has 0 aromatic carbocycles. The number of piperidine rings is 1. The van der Waals surface area contributed by atoms with Gasteiger partial charge in [0.15, 0.2) is 0 Å².